The SMILES string of the molecule is O[C@@H]1C=CC(OCc2ccccc2)C1COCc1ccccc1. The van der Waals surface area contributed by atoms with Crippen LogP contribution >= 0.6 is 0 Å². The highest BCUT2D eigenvalue weighted by atomic mass is 16.5. The molecule has 23 heavy (non-hydrogen) atoms. The molecule has 0 spiro atoms. The van der Waals surface area contributed by atoms with E-state index in [9.17, 15) is 5.11 Å². The highest BCUT2D eigenvalue weighted by molar-refractivity contribution is 5.15. The van der Waals surface area contributed by atoms with Crippen LogP contribution in [0.15, 0.2) is 72.8 Å². The second-order valence-corrected chi connectivity index (χ2v) is 5.80. The normalized spacial score (nSPS) is 23.3. The Kier molecular flexibility index (Phi) is 5.59. The van der Waals surface area contributed by atoms with Crippen LogP contribution in [0.3, 0.4) is 0 Å². The van der Waals surface area contributed by atoms with Crippen molar-refractivity contribution in [1.29, 1.82) is 0 Å². The van der Waals surface area contributed by atoms with Gasteiger partial charge in [0.05, 0.1) is 32.0 Å². The molecule has 3 nitrogen and oxygen atoms in total. The molecule has 1 aliphatic rings. The summed E-state index contributed by atoms with van der Waals surface area (Å²) in [6.45, 7) is 1.57. The fourth-order valence-electron chi connectivity index (χ4n) is 2.73. The lowest BCUT2D eigenvalue weighted by atomic mass is 10.0. The predicted octanol–water partition coefficient (Wildman–Crippen LogP) is 3.34. The zero-order valence-corrected chi connectivity index (χ0v) is 13.0. The Morgan fingerprint density at radius 1 is 0.783 bits per heavy atom. The van der Waals surface area contributed by atoms with Crippen molar-refractivity contribution in [2.75, 3.05) is 6.61 Å². The van der Waals surface area contributed by atoms with Gasteiger partial charge in [-0.3, -0.25) is 0 Å². The first-order valence-electron chi connectivity index (χ1n) is 7.96. The molecule has 0 bridgehead atoms. The monoisotopic (exact) mass is 310 g/mol. The maximum Gasteiger partial charge on any atom is 0.0839 e. The van der Waals surface area contributed by atoms with Crippen LogP contribution in [0.4, 0.5) is 0 Å². The zero-order valence-electron chi connectivity index (χ0n) is 13.0. The molecular weight excluding hydrogens is 288 g/mol. The molecular formula is C20H22O3. The Labute approximate surface area is 137 Å². The number of hydrogen-bond donors (Lipinski definition) is 1. The van der Waals surface area contributed by atoms with Crippen molar-refractivity contribution in [2.24, 2.45) is 5.92 Å². The van der Waals surface area contributed by atoms with E-state index in [0.717, 1.165) is 11.1 Å². The average Bonchev–Trinajstić information content (AvgIpc) is 2.95. The van der Waals surface area contributed by atoms with Crippen LogP contribution in [-0.2, 0) is 22.7 Å². The van der Waals surface area contributed by atoms with Crippen molar-refractivity contribution in [1.82, 2.24) is 0 Å². The quantitative estimate of drug-likeness (QED) is 0.797. The lowest BCUT2D eigenvalue weighted by Gasteiger charge is -2.22. The maximum atomic E-state index is 10.1. The van der Waals surface area contributed by atoms with Gasteiger partial charge in [0.2, 0.25) is 0 Å². The van der Waals surface area contributed by atoms with Gasteiger partial charge in [0.15, 0.2) is 0 Å². The zero-order chi connectivity index (χ0) is 15.9. The fraction of sp³-hybridized carbons (Fsp3) is 0.300. The van der Waals surface area contributed by atoms with E-state index >= 15 is 0 Å². The minimum absolute atomic E-state index is 0.0533. The molecule has 3 atom stereocenters. The third-order valence-corrected chi connectivity index (χ3v) is 4.07. The van der Waals surface area contributed by atoms with Gasteiger partial charge in [-0.05, 0) is 11.1 Å². The van der Waals surface area contributed by atoms with Crippen molar-refractivity contribution in [3.63, 3.8) is 0 Å². The Hall–Kier alpha value is -1.94. The first-order chi connectivity index (χ1) is 11.3. The molecule has 0 saturated heterocycles. The van der Waals surface area contributed by atoms with Gasteiger partial charge in [-0.25, -0.2) is 0 Å². The summed E-state index contributed by atoms with van der Waals surface area (Å²) >= 11 is 0. The highest BCUT2D eigenvalue weighted by Crippen LogP contribution is 2.24. The Balaban J connectivity index is 1.48. The molecule has 120 valence electrons. The van der Waals surface area contributed by atoms with E-state index in [2.05, 4.69) is 0 Å². The second-order valence-electron chi connectivity index (χ2n) is 5.80. The first-order valence-corrected chi connectivity index (χ1v) is 7.96. The molecule has 0 aromatic heterocycles. The standard InChI is InChI=1S/C20H22O3/c21-19-11-12-20(23-14-17-9-5-2-6-10-17)18(19)15-22-13-16-7-3-1-4-8-16/h1-12,18-21H,13-15H2/t18?,19-,20?/m1/s1. The summed E-state index contributed by atoms with van der Waals surface area (Å²) in [5.74, 6) is -0.0533. The van der Waals surface area contributed by atoms with Gasteiger partial charge in [0, 0.05) is 5.92 Å². The molecule has 2 unspecified atom stereocenters. The molecule has 2 aromatic carbocycles. The van der Waals surface area contributed by atoms with Crippen LogP contribution in [0, 0.1) is 5.92 Å². The van der Waals surface area contributed by atoms with E-state index in [-0.39, 0.29) is 12.0 Å². The van der Waals surface area contributed by atoms with Crippen molar-refractivity contribution in [2.45, 2.75) is 25.4 Å². The molecule has 0 fully saturated rings. The van der Waals surface area contributed by atoms with Gasteiger partial charge in [-0.1, -0.05) is 72.8 Å². The van der Waals surface area contributed by atoms with E-state index < -0.39 is 6.10 Å². The van der Waals surface area contributed by atoms with Crippen molar-refractivity contribution in [3.05, 3.63) is 83.9 Å². The summed E-state index contributed by atoms with van der Waals surface area (Å²) < 4.78 is 11.7. The molecule has 0 radical (unpaired) electrons. The molecule has 3 rings (SSSR count). The number of aliphatic hydroxyl groups excluding tert-OH is 1. The summed E-state index contributed by atoms with van der Waals surface area (Å²) in [6, 6.07) is 20.1. The minimum Gasteiger partial charge on any atom is -0.389 e. The maximum absolute atomic E-state index is 10.1. The topological polar surface area (TPSA) is 38.7 Å². The summed E-state index contributed by atoms with van der Waals surface area (Å²) in [5.41, 5.74) is 2.26. The minimum atomic E-state index is -0.508. The molecule has 0 heterocycles. The number of benzene rings is 2. The Morgan fingerprint density at radius 3 is 2.04 bits per heavy atom. The van der Waals surface area contributed by atoms with Gasteiger partial charge in [-0.2, -0.15) is 0 Å². The van der Waals surface area contributed by atoms with Crippen LogP contribution in [0.2, 0.25) is 0 Å². The third-order valence-electron chi connectivity index (χ3n) is 4.07. The fourth-order valence-corrected chi connectivity index (χ4v) is 2.73. The smallest absolute Gasteiger partial charge is 0.0839 e. The predicted molar refractivity (Wildman–Crippen MR) is 89.8 cm³/mol. The molecule has 1 N–H and O–H groups in total. The molecule has 0 aliphatic heterocycles. The van der Waals surface area contributed by atoms with Crippen molar-refractivity contribution >= 4 is 0 Å². The van der Waals surface area contributed by atoms with Crippen LogP contribution in [-0.4, -0.2) is 23.9 Å². The van der Waals surface area contributed by atoms with E-state index in [1.165, 1.54) is 0 Å². The van der Waals surface area contributed by atoms with Gasteiger partial charge < -0.3 is 14.6 Å². The highest BCUT2D eigenvalue weighted by Gasteiger charge is 2.31. The number of rotatable bonds is 7. The van der Waals surface area contributed by atoms with E-state index in [4.69, 9.17) is 9.47 Å². The number of hydrogen-bond acceptors (Lipinski definition) is 3. The van der Waals surface area contributed by atoms with Crippen LogP contribution in [0.5, 0.6) is 0 Å². The average molecular weight is 310 g/mol. The van der Waals surface area contributed by atoms with Crippen molar-refractivity contribution < 1.29 is 14.6 Å². The lowest BCUT2D eigenvalue weighted by molar-refractivity contribution is -0.0359. The van der Waals surface area contributed by atoms with Gasteiger partial charge in [0.25, 0.3) is 0 Å². The molecule has 0 saturated carbocycles. The molecule has 0 amide bonds. The van der Waals surface area contributed by atoms with E-state index in [1.54, 1.807) is 6.08 Å². The first kappa shape index (κ1) is 15.9. The Bertz CT molecular complexity index is 609. The van der Waals surface area contributed by atoms with E-state index in [1.807, 2.05) is 66.7 Å². The number of ether oxygens (including phenoxy) is 2. The van der Waals surface area contributed by atoms with Crippen LogP contribution < -0.4 is 0 Å². The summed E-state index contributed by atoms with van der Waals surface area (Å²) in [7, 11) is 0. The molecule has 2 aromatic rings. The second kappa shape index (κ2) is 8.06. The van der Waals surface area contributed by atoms with Gasteiger partial charge in [0.1, 0.15) is 0 Å². The summed E-state index contributed by atoms with van der Waals surface area (Å²) in [5, 5.41) is 10.1. The van der Waals surface area contributed by atoms with Crippen LogP contribution in [0.1, 0.15) is 11.1 Å². The summed E-state index contributed by atoms with van der Waals surface area (Å²) in [6.07, 6.45) is 3.11. The number of aliphatic hydroxyl groups is 1. The van der Waals surface area contributed by atoms with Crippen LogP contribution in [0.25, 0.3) is 0 Å². The third kappa shape index (κ3) is 4.52. The lowest BCUT2D eigenvalue weighted by Crippen LogP contribution is -2.30. The van der Waals surface area contributed by atoms with Gasteiger partial charge >= 0.3 is 0 Å². The summed E-state index contributed by atoms with van der Waals surface area (Å²) in [4.78, 5) is 0. The van der Waals surface area contributed by atoms with E-state index in [0.29, 0.717) is 19.8 Å². The Morgan fingerprint density at radius 2 is 1.39 bits per heavy atom. The largest absolute Gasteiger partial charge is 0.389 e. The molecule has 1 aliphatic carbocycles. The van der Waals surface area contributed by atoms with Crippen molar-refractivity contribution in [3.8, 4) is 0 Å². The molecule has 3 heteroatoms. The van der Waals surface area contributed by atoms with Gasteiger partial charge in [-0.15, -0.1) is 0 Å².